The second-order valence-corrected chi connectivity index (χ2v) is 5.82. The van der Waals surface area contributed by atoms with Crippen LogP contribution in [0.4, 0.5) is 0 Å². The van der Waals surface area contributed by atoms with E-state index in [2.05, 4.69) is 47.6 Å². The average molecular weight is 327 g/mol. The van der Waals surface area contributed by atoms with Crippen molar-refractivity contribution in [2.24, 2.45) is 0 Å². The van der Waals surface area contributed by atoms with Gasteiger partial charge in [0, 0.05) is 24.8 Å². The predicted molar refractivity (Wildman–Crippen MR) is 97.2 cm³/mol. The molecule has 0 aliphatic rings. The van der Waals surface area contributed by atoms with Crippen molar-refractivity contribution in [2.75, 3.05) is 6.54 Å². The van der Waals surface area contributed by atoms with E-state index in [4.69, 9.17) is 0 Å². The minimum absolute atomic E-state index is 0.363. The fourth-order valence-electron chi connectivity index (χ4n) is 2.46. The highest BCUT2D eigenvalue weighted by Crippen LogP contribution is 2.11. The molecule has 1 aromatic carbocycles. The van der Waals surface area contributed by atoms with Crippen molar-refractivity contribution < 1.29 is 0 Å². The molecular weight excluding hydrogens is 302 g/mol. The quantitative estimate of drug-likeness (QED) is 0.549. The molecule has 1 aromatic heterocycles. The van der Waals surface area contributed by atoms with E-state index < -0.39 is 0 Å². The van der Waals surface area contributed by atoms with Crippen molar-refractivity contribution in [1.82, 2.24) is 14.9 Å². The summed E-state index contributed by atoms with van der Waals surface area (Å²) in [7, 11) is 0. The molecule has 0 fully saturated rings. The lowest BCUT2D eigenvalue weighted by molar-refractivity contribution is 0.548. The van der Waals surface area contributed by atoms with Crippen LogP contribution in [0.1, 0.15) is 37.8 Å². The SMILES string of the molecule is C[C@@H](NCCCC/C=C\Cn1ccc(=O)[nH]c1=O)c1ccccc1. The third-order valence-corrected chi connectivity index (χ3v) is 3.91. The predicted octanol–water partition coefficient (Wildman–Crippen LogP) is 2.61. The fraction of sp³-hybridized carbons (Fsp3) is 0.368. The Labute approximate surface area is 142 Å². The molecule has 0 bridgehead atoms. The molecular formula is C19H25N3O2. The number of benzene rings is 1. The van der Waals surface area contributed by atoms with Crippen LogP contribution >= 0.6 is 0 Å². The molecule has 0 saturated carbocycles. The highest BCUT2D eigenvalue weighted by Gasteiger charge is 2.02. The number of H-pyrrole nitrogens is 1. The summed E-state index contributed by atoms with van der Waals surface area (Å²) in [5, 5.41) is 3.53. The number of nitrogens with one attached hydrogen (secondary N) is 2. The van der Waals surface area contributed by atoms with Crippen LogP contribution in [0, 0.1) is 0 Å². The van der Waals surface area contributed by atoms with Gasteiger partial charge in [0.2, 0.25) is 0 Å². The Kier molecular flexibility index (Phi) is 7.23. The molecule has 24 heavy (non-hydrogen) atoms. The maximum absolute atomic E-state index is 11.5. The summed E-state index contributed by atoms with van der Waals surface area (Å²) in [6, 6.07) is 12.2. The van der Waals surface area contributed by atoms with E-state index >= 15 is 0 Å². The zero-order valence-electron chi connectivity index (χ0n) is 14.1. The first-order valence-electron chi connectivity index (χ1n) is 8.40. The van der Waals surface area contributed by atoms with Crippen LogP contribution in [0.15, 0.2) is 64.3 Å². The summed E-state index contributed by atoms with van der Waals surface area (Å²) in [6.07, 6.45) is 8.75. The smallest absolute Gasteiger partial charge is 0.310 e. The Morgan fingerprint density at radius 1 is 1.12 bits per heavy atom. The summed E-state index contributed by atoms with van der Waals surface area (Å²) in [5.74, 6) is 0. The monoisotopic (exact) mass is 327 g/mol. The van der Waals surface area contributed by atoms with Gasteiger partial charge < -0.3 is 5.32 Å². The molecule has 1 atom stereocenters. The maximum atomic E-state index is 11.5. The number of allylic oxidation sites excluding steroid dienone is 2. The van der Waals surface area contributed by atoms with Crippen molar-refractivity contribution in [1.29, 1.82) is 0 Å². The molecule has 1 heterocycles. The van der Waals surface area contributed by atoms with Gasteiger partial charge in [-0.3, -0.25) is 14.3 Å². The Morgan fingerprint density at radius 3 is 2.67 bits per heavy atom. The Bertz CT molecular complexity index is 747. The normalized spacial score (nSPS) is 12.5. The molecule has 5 heteroatoms. The van der Waals surface area contributed by atoms with Crippen LogP contribution in [0.3, 0.4) is 0 Å². The van der Waals surface area contributed by atoms with Crippen LogP contribution in [0.5, 0.6) is 0 Å². The van der Waals surface area contributed by atoms with E-state index in [-0.39, 0.29) is 11.2 Å². The number of aromatic amines is 1. The van der Waals surface area contributed by atoms with E-state index in [9.17, 15) is 9.59 Å². The van der Waals surface area contributed by atoms with E-state index in [1.165, 1.54) is 22.4 Å². The first-order chi connectivity index (χ1) is 11.7. The fourth-order valence-corrected chi connectivity index (χ4v) is 2.46. The Morgan fingerprint density at radius 2 is 1.92 bits per heavy atom. The number of rotatable bonds is 9. The third kappa shape index (κ3) is 6.01. The van der Waals surface area contributed by atoms with Crippen LogP contribution in [-0.4, -0.2) is 16.1 Å². The van der Waals surface area contributed by atoms with Gasteiger partial charge in [0.15, 0.2) is 0 Å². The van der Waals surface area contributed by atoms with E-state index in [0.29, 0.717) is 12.6 Å². The van der Waals surface area contributed by atoms with Crippen molar-refractivity contribution in [3.8, 4) is 0 Å². The van der Waals surface area contributed by atoms with Crippen molar-refractivity contribution in [3.05, 3.63) is 81.1 Å². The van der Waals surface area contributed by atoms with Crippen LogP contribution in [-0.2, 0) is 6.54 Å². The van der Waals surface area contributed by atoms with E-state index in [1.807, 2.05) is 12.1 Å². The van der Waals surface area contributed by atoms with E-state index in [0.717, 1.165) is 25.8 Å². The van der Waals surface area contributed by atoms with Gasteiger partial charge in [0.25, 0.3) is 5.56 Å². The molecule has 0 aliphatic heterocycles. The lowest BCUT2D eigenvalue weighted by Gasteiger charge is -2.13. The minimum Gasteiger partial charge on any atom is -0.310 e. The van der Waals surface area contributed by atoms with Gasteiger partial charge in [-0.15, -0.1) is 0 Å². The Balaban J connectivity index is 1.59. The molecule has 0 spiro atoms. The summed E-state index contributed by atoms with van der Waals surface area (Å²) in [5.41, 5.74) is 0.576. The standard InChI is InChI=1S/C19H25N3O2/c1-16(17-10-6-5-7-11-17)20-13-8-3-2-4-9-14-22-15-12-18(23)21-19(22)24/h4-7,9-12,15-16,20H,2-3,8,13-14H2,1H3,(H,21,23,24)/b9-4-/t16-/m1/s1. The number of aromatic nitrogens is 2. The summed E-state index contributed by atoms with van der Waals surface area (Å²) < 4.78 is 1.47. The summed E-state index contributed by atoms with van der Waals surface area (Å²) in [4.78, 5) is 24.7. The van der Waals surface area contributed by atoms with E-state index in [1.54, 1.807) is 0 Å². The molecule has 0 aliphatic carbocycles. The van der Waals surface area contributed by atoms with Crippen LogP contribution < -0.4 is 16.6 Å². The van der Waals surface area contributed by atoms with Crippen LogP contribution in [0.25, 0.3) is 0 Å². The summed E-state index contributed by atoms with van der Waals surface area (Å²) >= 11 is 0. The maximum Gasteiger partial charge on any atom is 0.328 e. The van der Waals surface area contributed by atoms with Crippen LogP contribution in [0.2, 0.25) is 0 Å². The molecule has 2 aromatic rings. The third-order valence-electron chi connectivity index (χ3n) is 3.91. The van der Waals surface area contributed by atoms with Gasteiger partial charge in [-0.05, 0) is 38.3 Å². The zero-order valence-corrected chi connectivity index (χ0v) is 14.1. The minimum atomic E-state index is -0.369. The zero-order chi connectivity index (χ0) is 17.2. The molecule has 5 nitrogen and oxygen atoms in total. The Hall–Kier alpha value is -2.40. The first kappa shape index (κ1) is 17.9. The number of unbranched alkanes of at least 4 members (excludes halogenated alkanes) is 2. The lowest BCUT2D eigenvalue weighted by Crippen LogP contribution is -2.28. The molecule has 0 amide bonds. The highest BCUT2D eigenvalue weighted by molar-refractivity contribution is 5.17. The first-order valence-corrected chi connectivity index (χ1v) is 8.40. The molecule has 128 valence electrons. The van der Waals surface area contributed by atoms with Crippen molar-refractivity contribution >= 4 is 0 Å². The number of nitrogens with zero attached hydrogens (tertiary/aromatic N) is 1. The van der Waals surface area contributed by atoms with Gasteiger partial charge in [0.05, 0.1) is 0 Å². The van der Waals surface area contributed by atoms with Gasteiger partial charge in [-0.25, -0.2) is 4.79 Å². The summed E-state index contributed by atoms with van der Waals surface area (Å²) in [6.45, 7) is 3.65. The molecule has 0 saturated heterocycles. The highest BCUT2D eigenvalue weighted by atomic mass is 16.2. The van der Waals surface area contributed by atoms with Gasteiger partial charge in [-0.2, -0.15) is 0 Å². The average Bonchev–Trinajstić information content (AvgIpc) is 2.59. The molecule has 2 N–H and O–H groups in total. The van der Waals surface area contributed by atoms with Gasteiger partial charge in [0.1, 0.15) is 0 Å². The van der Waals surface area contributed by atoms with Gasteiger partial charge >= 0.3 is 5.69 Å². The topological polar surface area (TPSA) is 66.9 Å². The lowest BCUT2D eigenvalue weighted by atomic mass is 10.1. The second kappa shape index (κ2) is 9.67. The molecule has 0 radical (unpaired) electrons. The second-order valence-electron chi connectivity index (χ2n) is 5.82. The molecule has 0 unspecified atom stereocenters. The number of hydrogen-bond acceptors (Lipinski definition) is 3. The largest absolute Gasteiger partial charge is 0.328 e. The molecule has 2 rings (SSSR count). The number of hydrogen-bond donors (Lipinski definition) is 2. The van der Waals surface area contributed by atoms with Gasteiger partial charge in [-0.1, -0.05) is 42.5 Å². The van der Waals surface area contributed by atoms with Crippen molar-refractivity contribution in [2.45, 2.75) is 38.8 Å². The van der Waals surface area contributed by atoms with Crippen molar-refractivity contribution in [3.63, 3.8) is 0 Å².